The van der Waals surface area contributed by atoms with E-state index in [2.05, 4.69) is 19.7 Å². The molecule has 122 valence electrons. The summed E-state index contributed by atoms with van der Waals surface area (Å²) in [7, 11) is 3.40. The molecule has 2 heterocycles. The fourth-order valence-corrected chi connectivity index (χ4v) is 3.04. The number of carbonyl (C=O) groups excluding carboxylic acids is 1. The summed E-state index contributed by atoms with van der Waals surface area (Å²) in [5, 5.41) is 8.47. The molecule has 0 aromatic carbocycles. The Labute approximate surface area is 131 Å². The lowest BCUT2D eigenvalue weighted by Gasteiger charge is -2.32. The van der Waals surface area contributed by atoms with E-state index < -0.39 is 0 Å². The molecule has 3 rings (SSSR count). The molecule has 0 spiro atoms. The van der Waals surface area contributed by atoms with Gasteiger partial charge in [-0.1, -0.05) is 0 Å². The first-order valence-electron chi connectivity index (χ1n) is 8.11. The van der Waals surface area contributed by atoms with Gasteiger partial charge in [0.25, 0.3) is 0 Å². The van der Waals surface area contributed by atoms with Gasteiger partial charge in [-0.05, 0) is 32.2 Å². The van der Waals surface area contributed by atoms with Crippen LogP contribution in [0.4, 0.5) is 4.79 Å². The summed E-state index contributed by atoms with van der Waals surface area (Å²) in [6, 6.07) is 0.626. The van der Waals surface area contributed by atoms with Gasteiger partial charge < -0.3 is 14.2 Å². The number of hydrogen-bond acceptors (Lipinski definition) is 5. The molecule has 22 heavy (non-hydrogen) atoms. The molecule has 0 bridgehead atoms. The largest absolute Gasteiger partial charge is 0.448 e. The number of carbonyl (C=O) groups is 1. The standard InChI is InChI=1S/C15H25N5O2/c1-18(2)15(21)22-9-8-19-7-3-4-12(10-19)14-17-16-11-20(14)13-5-6-13/h11-13H,3-10H2,1-2H3. The lowest BCUT2D eigenvalue weighted by Crippen LogP contribution is -2.38. The summed E-state index contributed by atoms with van der Waals surface area (Å²) in [6.07, 6.45) is 6.43. The van der Waals surface area contributed by atoms with Crippen LogP contribution >= 0.6 is 0 Å². The van der Waals surface area contributed by atoms with Crippen molar-refractivity contribution in [2.75, 3.05) is 40.3 Å². The van der Waals surface area contributed by atoms with Crippen LogP contribution in [0.15, 0.2) is 6.33 Å². The molecule has 1 atom stereocenters. The maximum atomic E-state index is 11.4. The number of amides is 1. The molecule has 1 saturated carbocycles. The van der Waals surface area contributed by atoms with Gasteiger partial charge in [-0.3, -0.25) is 4.90 Å². The van der Waals surface area contributed by atoms with E-state index in [-0.39, 0.29) is 6.09 Å². The topological polar surface area (TPSA) is 63.5 Å². The quantitative estimate of drug-likeness (QED) is 0.824. The minimum absolute atomic E-state index is 0.276. The number of piperidine rings is 1. The molecule has 0 N–H and O–H groups in total. The van der Waals surface area contributed by atoms with E-state index in [9.17, 15) is 4.79 Å². The third-order valence-corrected chi connectivity index (χ3v) is 4.41. The summed E-state index contributed by atoms with van der Waals surface area (Å²) in [6.45, 7) is 3.27. The summed E-state index contributed by atoms with van der Waals surface area (Å²) in [5.74, 6) is 1.58. The van der Waals surface area contributed by atoms with Crippen LogP contribution in [0.3, 0.4) is 0 Å². The number of nitrogens with zero attached hydrogens (tertiary/aromatic N) is 5. The summed E-state index contributed by atoms with van der Waals surface area (Å²) < 4.78 is 7.48. The van der Waals surface area contributed by atoms with Crippen LogP contribution in [0.25, 0.3) is 0 Å². The Bertz CT molecular complexity index is 512. The Morgan fingerprint density at radius 1 is 1.41 bits per heavy atom. The SMILES string of the molecule is CN(C)C(=O)OCCN1CCCC(c2nncn2C2CC2)C1. The van der Waals surface area contributed by atoms with E-state index in [0.717, 1.165) is 31.9 Å². The van der Waals surface area contributed by atoms with E-state index in [4.69, 9.17) is 4.74 Å². The van der Waals surface area contributed by atoms with E-state index in [0.29, 0.717) is 18.6 Å². The van der Waals surface area contributed by atoms with Crippen molar-refractivity contribution in [3.8, 4) is 0 Å². The highest BCUT2D eigenvalue weighted by molar-refractivity contribution is 5.66. The van der Waals surface area contributed by atoms with E-state index in [1.807, 2.05) is 6.33 Å². The first-order chi connectivity index (χ1) is 10.6. The Hall–Kier alpha value is -1.63. The summed E-state index contributed by atoms with van der Waals surface area (Å²) in [5.41, 5.74) is 0. The zero-order valence-electron chi connectivity index (χ0n) is 13.4. The number of likely N-dealkylation sites (tertiary alicyclic amines) is 1. The highest BCUT2D eigenvalue weighted by Gasteiger charge is 2.31. The maximum absolute atomic E-state index is 11.4. The third kappa shape index (κ3) is 3.58. The van der Waals surface area contributed by atoms with Gasteiger partial charge >= 0.3 is 6.09 Å². The second-order valence-corrected chi connectivity index (χ2v) is 6.48. The van der Waals surface area contributed by atoms with Gasteiger partial charge in [-0.15, -0.1) is 10.2 Å². The van der Waals surface area contributed by atoms with E-state index in [1.165, 1.54) is 24.2 Å². The van der Waals surface area contributed by atoms with Gasteiger partial charge in [0.15, 0.2) is 0 Å². The van der Waals surface area contributed by atoms with Crippen LogP contribution < -0.4 is 0 Å². The Morgan fingerprint density at radius 3 is 2.95 bits per heavy atom. The number of aromatic nitrogens is 3. The monoisotopic (exact) mass is 307 g/mol. The van der Waals surface area contributed by atoms with Crippen molar-refractivity contribution < 1.29 is 9.53 Å². The van der Waals surface area contributed by atoms with Crippen molar-refractivity contribution in [1.82, 2.24) is 24.6 Å². The fraction of sp³-hybridized carbons (Fsp3) is 0.800. The van der Waals surface area contributed by atoms with Crippen molar-refractivity contribution in [3.05, 3.63) is 12.2 Å². The van der Waals surface area contributed by atoms with Crippen molar-refractivity contribution in [1.29, 1.82) is 0 Å². The van der Waals surface area contributed by atoms with Gasteiger partial charge in [0.1, 0.15) is 18.8 Å². The lowest BCUT2D eigenvalue weighted by atomic mass is 9.97. The van der Waals surface area contributed by atoms with Gasteiger partial charge in [-0.25, -0.2) is 4.79 Å². The molecule has 1 aliphatic carbocycles. The molecule has 1 unspecified atom stereocenters. The molecule has 2 aliphatic rings. The second-order valence-electron chi connectivity index (χ2n) is 6.48. The van der Waals surface area contributed by atoms with Crippen LogP contribution in [0, 0.1) is 0 Å². The van der Waals surface area contributed by atoms with Gasteiger partial charge in [0.05, 0.1) is 0 Å². The Balaban J connectivity index is 1.51. The Kier molecular flexibility index (Phi) is 4.61. The predicted octanol–water partition coefficient (Wildman–Crippen LogP) is 1.49. The van der Waals surface area contributed by atoms with Crippen molar-refractivity contribution in [2.24, 2.45) is 0 Å². The van der Waals surface area contributed by atoms with Gasteiger partial charge in [0, 0.05) is 39.1 Å². The van der Waals surface area contributed by atoms with Gasteiger partial charge in [0.2, 0.25) is 0 Å². The average molecular weight is 307 g/mol. The summed E-state index contributed by atoms with van der Waals surface area (Å²) in [4.78, 5) is 15.2. The smallest absolute Gasteiger partial charge is 0.409 e. The molecule has 0 radical (unpaired) electrons. The Morgan fingerprint density at radius 2 is 2.23 bits per heavy atom. The molecule has 1 aliphatic heterocycles. The highest BCUT2D eigenvalue weighted by Crippen LogP contribution is 2.37. The van der Waals surface area contributed by atoms with Crippen LogP contribution in [0.1, 0.15) is 43.5 Å². The van der Waals surface area contributed by atoms with E-state index in [1.54, 1.807) is 14.1 Å². The zero-order valence-corrected chi connectivity index (χ0v) is 13.4. The molecule has 7 heteroatoms. The van der Waals surface area contributed by atoms with Crippen molar-refractivity contribution >= 4 is 6.09 Å². The molecular formula is C15H25N5O2. The van der Waals surface area contributed by atoms with Crippen molar-refractivity contribution in [3.63, 3.8) is 0 Å². The minimum atomic E-state index is -0.276. The van der Waals surface area contributed by atoms with Crippen LogP contribution in [-0.2, 0) is 4.74 Å². The average Bonchev–Trinajstić information content (AvgIpc) is 3.24. The maximum Gasteiger partial charge on any atom is 0.409 e. The number of rotatable bonds is 5. The van der Waals surface area contributed by atoms with Crippen LogP contribution in [0.5, 0.6) is 0 Å². The fourth-order valence-electron chi connectivity index (χ4n) is 3.04. The zero-order chi connectivity index (χ0) is 15.5. The third-order valence-electron chi connectivity index (χ3n) is 4.41. The van der Waals surface area contributed by atoms with Gasteiger partial charge in [-0.2, -0.15) is 0 Å². The molecule has 1 aromatic heterocycles. The predicted molar refractivity (Wildman–Crippen MR) is 81.7 cm³/mol. The van der Waals surface area contributed by atoms with E-state index >= 15 is 0 Å². The lowest BCUT2D eigenvalue weighted by molar-refractivity contribution is 0.0962. The molecule has 1 saturated heterocycles. The normalized spacial score (nSPS) is 22.5. The molecule has 7 nitrogen and oxygen atoms in total. The highest BCUT2D eigenvalue weighted by atomic mass is 16.6. The van der Waals surface area contributed by atoms with Crippen LogP contribution in [-0.4, -0.2) is 71.0 Å². The molecule has 2 fully saturated rings. The number of hydrogen-bond donors (Lipinski definition) is 0. The number of ether oxygens (including phenoxy) is 1. The van der Waals surface area contributed by atoms with Crippen molar-refractivity contribution in [2.45, 2.75) is 37.6 Å². The first-order valence-corrected chi connectivity index (χ1v) is 8.11. The minimum Gasteiger partial charge on any atom is -0.448 e. The van der Waals surface area contributed by atoms with Crippen LogP contribution in [0.2, 0.25) is 0 Å². The first kappa shape index (κ1) is 15.3. The molecular weight excluding hydrogens is 282 g/mol. The molecule has 1 aromatic rings. The molecule has 1 amide bonds. The summed E-state index contributed by atoms with van der Waals surface area (Å²) >= 11 is 0. The second kappa shape index (κ2) is 6.64.